The van der Waals surface area contributed by atoms with E-state index >= 15 is 0 Å². The fourth-order valence-electron chi connectivity index (χ4n) is 6.08. The van der Waals surface area contributed by atoms with Gasteiger partial charge in [-0.2, -0.15) is 0 Å². The molecule has 4 unspecified atom stereocenters. The lowest BCUT2D eigenvalue weighted by molar-refractivity contribution is -0.116. The SMILES string of the molecule is O=C(Cn1c2c(sc1=O)[C@@H](c1cccc(Br)c1)C1C3CCC(C3)C1S2)Nc1ccc(Cl)c(Cl)c1. The summed E-state index contributed by atoms with van der Waals surface area (Å²) in [5, 5.41) is 5.12. The molecule has 2 saturated carbocycles. The Labute approximate surface area is 224 Å². The molecule has 1 aromatic heterocycles. The number of aromatic nitrogens is 1. The van der Waals surface area contributed by atoms with E-state index in [1.165, 1.54) is 36.2 Å². The Kier molecular flexibility index (Phi) is 6.13. The summed E-state index contributed by atoms with van der Waals surface area (Å²) in [7, 11) is 0. The molecule has 0 spiro atoms. The predicted octanol–water partition coefficient (Wildman–Crippen LogP) is 7.27. The Morgan fingerprint density at radius 2 is 1.94 bits per heavy atom. The van der Waals surface area contributed by atoms with Crippen LogP contribution in [-0.2, 0) is 11.3 Å². The number of hydrogen-bond donors (Lipinski definition) is 1. The van der Waals surface area contributed by atoms with Crippen molar-refractivity contribution in [3.05, 3.63) is 77.1 Å². The number of nitrogens with zero attached hydrogens (tertiary/aromatic N) is 1. The van der Waals surface area contributed by atoms with Crippen molar-refractivity contribution < 1.29 is 4.79 Å². The van der Waals surface area contributed by atoms with Gasteiger partial charge in [-0.25, -0.2) is 0 Å². The molecule has 1 aliphatic heterocycles. The van der Waals surface area contributed by atoms with Crippen LogP contribution in [0.2, 0.25) is 10.0 Å². The van der Waals surface area contributed by atoms with Gasteiger partial charge in [0.1, 0.15) is 6.54 Å². The van der Waals surface area contributed by atoms with Gasteiger partial charge in [0.2, 0.25) is 5.91 Å². The average molecular weight is 596 g/mol. The molecule has 1 N–H and O–H groups in total. The maximum absolute atomic E-state index is 13.2. The number of rotatable bonds is 4. The van der Waals surface area contributed by atoms with E-state index in [9.17, 15) is 9.59 Å². The Morgan fingerprint density at radius 3 is 2.74 bits per heavy atom. The van der Waals surface area contributed by atoms with Gasteiger partial charge < -0.3 is 5.32 Å². The molecule has 0 saturated heterocycles. The molecule has 2 aliphatic carbocycles. The fourth-order valence-corrected chi connectivity index (χ4v) is 9.94. The first-order valence-corrected chi connectivity index (χ1v) is 14.5. The van der Waals surface area contributed by atoms with E-state index < -0.39 is 0 Å². The zero-order valence-corrected chi connectivity index (χ0v) is 22.7. The Morgan fingerprint density at radius 1 is 1.12 bits per heavy atom. The maximum atomic E-state index is 13.2. The molecule has 3 aromatic rings. The van der Waals surface area contributed by atoms with Crippen LogP contribution in [0.3, 0.4) is 0 Å². The molecule has 2 fully saturated rings. The molecule has 5 atom stereocenters. The highest BCUT2D eigenvalue weighted by Gasteiger charge is 2.55. The Hall–Kier alpha value is -1.25. The molecule has 6 rings (SSSR count). The monoisotopic (exact) mass is 594 g/mol. The quantitative estimate of drug-likeness (QED) is 0.345. The molecule has 176 valence electrons. The number of nitrogens with one attached hydrogen (secondary N) is 1. The lowest BCUT2D eigenvalue weighted by Gasteiger charge is -2.40. The van der Waals surface area contributed by atoms with Gasteiger partial charge in [-0.15, -0.1) is 11.8 Å². The lowest BCUT2D eigenvalue weighted by Crippen LogP contribution is -2.34. The number of benzene rings is 2. The van der Waals surface area contributed by atoms with Crippen LogP contribution in [-0.4, -0.2) is 15.7 Å². The van der Waals surface area contributed by atoms with Crippen molar-refractivity contribution in [3.63, 3.8) is 0 Å². The van der Waals surface area contributed by atoms with Gasteiger partial charge in [-0.05, 0) is 72.9 Å². The number of thioether (sulfide) groups is 1. The number of anilines is 1. The van der Waals surface area contributed by atoms with Crippen LogP contribution in [0.5, 0.6) is 0 Å². The molecule has 1 amide bonds. The largest absolute Gasteiger partial charge is 0.324 e. The molecule has 2 bridgehead atoms. The summed E-state index contributed by atoms with van der Waals surface area (Å²) in [5.41, 5.74) is 1.82. The van der Waals surface area contributed by atoms with Gasteiger partial charge >= 0.3 is 4.87 Å². The van der Waals surface area contributed by atoms with Crippen molar-refractivity contribution >= 4 is 73.8 Å². The molecule has 2 heterocycles. The average Bonchev–Trinajstić information content (AvgIpc) is 3.49. The van der Waals surface area contributed by atoms with Crippen molar-refractivity contribution in [2.24, 2.45) is 17.8 Å². The summed E-state index contributed by atoms with van der Waals surface area (Å²) in [5.74, 6) is 1.89. The van der Waals surface area contributed by atoms with Crippen molar-refractivity contribution in [3.8, 4) is 0 Å². The second kappa shape index (κ2) is 9.00. The van der Waals surface area contributed by atoms with Crippen molar-refractivity contribution in [1.82, 2.24) is 4.57 Å². The third-order valence-corrected chi connectivity index (χ3v) is 11.5. The van der Waals surface area contributed by atoms with Crippen LogP contribution in [0.25, 0.3) is 0 Å². The van der Waals surface area contributed by atoms with Crippen molar-refractivity contribution in [1.29, 1.82) is 0 Å². The molecule has 3 aliphatic rings. The first kappa shape index (κ1) is 23.2. The van der Waals surface area contributed by atoms with Crippen LogP contribution in [0.4, 0.5) is 5.69 Å². The van der Waals surface area contributed by atoms with E-state index in [-0.39, 0.29) is 23.2 Å². The van der Waals surface area contributed by atoms with E-state index in [1.54, 1.807) is 22.8 Å². The van der Waals surface area contributed by atoms with Gasteiger partial charge in [-0.3, -0.25) is 14.2 Å². The number of thiazole rings is 1. The third kappa shape index (κ3) is 3.97. The summed E-state index contributed by atoms with van der Waals surface area (Å²) in [6.07, 6.45) is 3.84. The van der Waals surface area contributed by atoms with Gasteiger partial charge in [0, 0.05) is 26.2 Å². The minimum Gasteiger partial charge on any atom is -0.324 e. The fraction of sp³-hybridized carbons (Fsp3) is 0.360. The molecule has 34 heavy (non-hydrogen) atoms. The molecule has 4 nitrogen and oxygen atoms in total. The first-order valence-electron chi connectivity index (χ1n) is 11.3. The van der Waals surface area contributed by atoms with Gasteiger partial charge in [0.25, 0.3) is 0 Å². The van der Waals surface area contributed by atoms with E-state index in [4.69, 9.17) is 23.2 Å². The lowest BCUT2D eigenvalue weighted by atomic mass is 9.75. The van der Waals surface area contributed by atoms with Crippen LogP contribution in [0.15, 0.2) is 56.8 Å². The second-order valence-corrected chi connectivity index (χ2v) is 13.2. The highest BCUT2D eigenvalue weighted by Crippen LogP contribution is 2.64. The molecular weight excluding hydrogens is 575 g/mol. The number of fused-ring (bicyclic) bond motifs is 6. The van der Waals surface area contributed by atoms with E-state index in [0.717, 1.165) is 14.4 Å². The first-order chi connectivity index (χ1) is 16.4. The number of amides is 1. The van der Waals surface area contributed by atoms with Gasteiger partial charge in [-0.1, -0.05) is 62.6 Å². The summed E-state index contributed by atoms with van der Waals surface area (Å²) in [4.78, 5) is 27.1. The zero-order chi connectivity index (χ0) is 23.6. The molecule has 9 heteroatoms. The molecule has 2 aromatic carbocycles. The Balaban J connectivity index is 1.36. The standard InChI is InChI=1S/C25H21BrCl2N2O2S2/c26-15-3-1-2-12(9-15)21-20-13-4-5-14(8-13)22(20)33-24-23(21)34-25(32)30(24)11-19(31)29-16-6-7-17(27)18(28)10-16/h1-3,6-7,9-10,13-14,20-22H,4-5,8,11H2,(H,29,31)/t13?,14?,20?,21-,22?/m0/s1. The zero-order valence-electron chi connectivity index (χ0n) is 18.0. The normalized spacial score (nSPS) is 26.9. The summed E-state index contributed by atoms with van der Waals surface area (Å²) >= 11 is 18.8. The smallest absolute Gasteiger partial charge is 0.308 e. The van der Waals surface area contributed by atoms with E-state index in [2.05, 4.69) is 39.4 Å². The highest BCUT2D eigenvalue weighted by atomic mass is 79.9. The van der Waals surface area contributed by atoms with Crippen LogP contribution in [0, 0.1) is 17.8 Å². The van der Waals surface area contributed by atoms with Crippen molar-refractivity contribution in [2.45, 2.75) is 42.0 Å². The minimum atomic E-state index is -0.254. The van der Waals surface area contributed by atoms with Gasteiger partial charge in [0.15, 0.2) is 0 Å². The van der Waals surface area contributed by atoms with Gasteiger partial charge in [0.05, 0.1) is 15.1 Å². The topological polar surface area (TPSA) is 51.1 Å². The molecular formula is C25H21BrCl2N2O2S2. The van der Waals surface area contributed by atoms with E-state index in [0.29, 0.717) is 38.7 Å². The van der Waals surface area contributed by atoms with Crippen LogP contribution >= 0.6 is 62.2 Å². The molecule has 0 radical (unpaired) electrons. The maximum Gasteiger partial charge on any atom is 0.308 e. The number of carbonyl (C=O) groups excluding carboxylic acids is 1. The van der Waals surface area contributed by atoms with Crippen LogP contribution < -0.4 is 10.2 Å². The number of hydrogen-bond acceptors (Lipinski definition) is 4. The third-order valence-electron chi connectivity index (χ3n) is 7.40. The predicted molar refractivity (Wildman–Crippen MR) is 144 cm³/mol. The summed E-state index contributed by atoms with van der Waals surface area (Å²) < 4.78 is 2.72. The number of carbonyl (C=O) groups is 1. The summed E-state index contributed by atoms with van der Waals surface area (Å²) in [6, 6.07) is 13.5. The van der Waals surface area contributed by atoms with Crippen molar-refractivity contribution in [2.75, 3.05) is 5.32 Å². The van der Waals surface area contributed by atoms with Crippen LogP contribution in [0.1, 0.15) is 35.6 Å². The number of halogens is 3. The summed E-state index contributed by atoms with van der Waals surface area (Å²) in [6.45, 7) is -0.0192. The second-order valence-electron chi connectivity index (χ2n) is 9.33. The highest BCUT2D eigenvalue weighted by molar-refractivity contribution is 9.10. The minimum absolute atomic E-state index is 0.0192. The Bertz CT molecular complexity index is 1360. The van der Waals surface area contributed by atoms with E-state index in [1.807, 2.05) is 17.8 Å².